The van der Waals surface area contributed by atoms with Crippen LogP contribution in [-0.2, 0) is 23.9 Å². The highest BCUT2D eigenvalue weighted by molar-refractivity contribution is 5.88. The molecule has 128 valence electrons. The molecular formula is C16H29NO5. The predicted octanol–water partition coefficient (Wildman–Crippen LogP) is 1.67. The third-order valence-electron chi connectivity index (χ3n) is 3.42. The average Bonchev–Trinajstić information content (AvgIpc) is 2.45. The smallest absolute Gasteiger partial charge is 0.232 e. The summed E-state index contributed by atoms with van der Waals surface area (Å²) < 4.78 is 10.6. The number of hydrogen-bond acceptors (Lipinski definition) is 5. The first-order valence-corrected chi connectivity index (χ1v) is 7.84. The molecule has 0 aromatic carbocycles. The van der Waals surface area contributed by atoms with Crippen LogP contribution in [0.3, 0.4) is 0 Å². The zero-order chi connectivity index (χ0) is 17.0. The van der Waals surface area contributed by atoms with Gasteiger partial charge in [-0.25, -0.2) is 0 Å². The Balaban J connectivity index is 3.89. The van der Waals surface area contributed by atoms with Crippen molar-refractivity contribution < 1.29 is 23.9 Å². The van der Waals surface area contributed by atoms with Gasteiger partial charge in [0.1, 0.15) is 5.78 Å². The van der Waals surface area contributed by atoms with Gasteiger partial charge in [0.25, 0.3) is 0 Å². The zero-order valence-electron chi connectivity index (χ0n) is 14.2. The highest BCUT2D eigenvalue weighted by Gasteiger charge is 2.25. The molecule has 0 N–H and O–H groups in total. The van der Waals surface area contributed by atoms with Crippen molar-refractivity contribution in [2.24, 2.45) is 11.8 Å². The number of carbonyl (C=O) groups excluding carboxylic acids is 3. The van der Waals surface area contributed by atoms with E-state index >= 15 is 0 Å². The van der Waals surface area contributed by atoms with Gasteiger partial charge in [-0.1, -0.05) is 20.8 Å². The molecule has 0 aliphatic carbocycles. The first kappa shape index (κ1) is 20.7. The molecule has 22 heavy (non-hydrogen) atoms. The maximum absolute atomic E-state index is 12.2. The fourth-order valence-electron chi connectivity index (χ4n) is 2.06. The molecule has 0 aliphatic rings. The second-order valence-corrected chi connectivity index (χ2v) is 5.57. The Morgan fingerprint density at radius 1 is 1.09 bits per heavy atom. The van der Waals surface area contributed by atoms with Gasteiger partial charge in [-0.3, -0.25) is 19.3 Å². The molecule has 1 atom stereocenters. The second-order valence-electron chi connectivity index (χ2n) is 5.57. The first-order valence-electron chi connectivity index (χ1n) is 7.84. The number of Topliss-reactive ketones (excluding diaryl/α,β-unsaturated/α-hetero) is 1. The maximum Gasteiger partial charge on any atom is 0.232 e. The van der Waals surface area contributed by atoms with Crippen molar-refractivity contribution >= 4 is 18.1 Å². The van der Waals surface area contributed by atoms with E-state index in [9.17, 15) is 14.4 Å². The topological polar surface area (TPSA) is 72.9 Å². The van der Waals surface area contributed by atoms with E-state index in [-0.39, 0.29) is 36.7 Å². The molecule has 0 saturated carbocycles. The van der Waals surface area contributed by atoms with Crippen LogP contribution >= 0.6 is 0 Å². The van der Waals surface area contributed by atoms with E-state index in [2.05, 4.69) is 0 Å². The number of carbonyl (C=O) groups is 3. The van der Waals surface area contributed by atoms with Gasteiger partial charge in [0.15, 0.2) is 0 Å². The summed E-state index contributed by atoms with van der Waals surface area (Å²) in [5, 5.41) is 0. The molecule has 6 heteroatoms. The van der Waals surface area contributed by atoms with Crippen LogP contribution in [0.5, 0.6) is 0 Å². The summed E-state index contributed by atoms with van der Waals surface area (Å²) in [4.78, 5) is 35.1. The number of nitrogens with zero attached hydrogens (tertiary/aromatic N) is 1. The van der Waals surface area contributed by atoms with Crippen molar-refractivity contribution in [3.05, 3.63) is 0 Å². The molecule has 2 amide bonds. The number of ketones is 1. The van der Waals surface area contributed by atoms with Crippen molar-refractivity contribution in [3.63, 3.8) is 0 Å². The number of rotatable bonds is 13. The largest absolute Gasteiger partial charge is 0.379 e. The Morgan fingerprint density at radius 2 is 1.68 bits per heavy atom. The summed E-state index contributed by atoms with van der Waals surface area (Å²) in [5.74, 6) is 0.0150. The van der Waals surface area contributed by atoms with Gasteiger partial charge in [0.05, 0.1) is 33.0 Å². The van der Waals surface area contributed by atoms with Crippen LogP contribution in [0, 0.1) is 11.8 Å². The van der Waals surface area contributed by atoms with Crippen LogP contribution in [0.25, 0.3) is 0 Å². The number of imide groups is 1. The molecular weight excluding hydrogens is 286 g/mol. The first-order chi connectivity index (χ1) is 10.4. The van der Waals surface area contributed by atoms with Gasteiger partial charge in [-0.2, -0.15) is 0 Å². The average molecular weight is 315 g/mol. The summed E-state index contributed by atoms with van der Waals surface area (Å²) in [7, 11) is 0. The van der Waals surface area contributed by atoms with Gasteiger partial charge < -0.3 is 9.47 Å². The lowest BCUT2D eigenvalue weighted by Crippen LogP contribution is -2.39. The van der Waals surface area contributed by atoms with Crippen molar-refractivity contribution in [1.82, 2.24) is 4.90 Å². The molecule has 0 spiro atoms. The molecule has 6 nitrogen and oxygen atoms in total. The Bertz CT molecular complexity index is 343. The fraction of sp³-hybridized carbons (Fsp3) is 0.812. The van der Waals surface area contributed by atoms with E-state index < -0.39 is 0 Å². The van der Waals surface area contributed by atoms with E-state index in [4.69, 9.17) is 9.47 Å². The summed E-state index contributed by atoms with van der Waals surface area (Å²) in [6.07, 6.45) is 1.69. The van der Waals surface area contributed by atoms with Gasteiger partial charge in [-0.05, 0) is 19.3 Å². The Hall–Kier alpha value is -1.27. The second kappa shape index (κ2) is 12.3. The quantitative estimate of drug-likeness (QED) is 0.382. The van der Waals surface area contributed by atoms with Gasteiger partial charge in [0, 0.05) is 12.3 Å². The normalized spacial score (nSPS) is 12.2. The predicted molar refractivity (Wildman–Crippen MR) is 83.3 cm³/mol. The number of ether oxygens (including phenoxy) is 2. The maximum atomic E-state index is 12.2. The van der Waals surface area contributed by atoms with Crippen LogP contribution in [-0.4, -0.2) is 56.0 Å². The zero-order valence-corrected chi connectivity index (χ0v) is 14.2. The van der Waals surface area contributed by atoms with Crippen LogP contribution < -0.4 is 0 Å². The molecule has 0 saturated heterocycles. The van der Waals surface area contributed by atoms with Crippen LogP contribution in [0.2, 0.25) is 0 Å². The van der Waals surface area contributed by atoms with Gasteiger partial charge in [0.2, 0.25) is 12.3 Å². The molecule has 0 bridgehead atoms. The fourth-order valence-corrected chi connectivity index (χ4v) is 2.06. The molecule has 0 rings (SSSR count). The van der Waals surface area contributed by atoms with E-state index in [1.165, 1.54) is 11.8 Å². The minimum atomic E-state index is -0.145. The monoisotopic (exact) mass is 315 g/mol. The van der Waals surface area contributed by atoms with E-state index in [1.807, 2.05) is 20.8 Å². The Kier molecular flexibility index (Phi) is 11.6. The van der Waals surface area contributed by atoms with E-state index in [1.54, 1.807) is 0 Å². The molecule has 0 radical (unpaired) electrons. The summed E-state index contributed by atoms with van der Waals surface area (Å²) >= 11 is 0. The van der Waals surface area contributed by atoms with Crippen molar-refractivity contribution in [3.8, 4) is 0 Å². The van der Waals surface area contributed by atoms with E-state index in [0.717, 1.165) is 0 Å². The molecule has 0 fully saturated rings. The van der Waals surface area contributed by atoms with Crippen LogP contribution in [0.1, 0.15) is 40.5 Å². The number of hydrogen-bond donors (Lipinski definition) is 0. The summed E-state index contributed by atoms with van der Waals surface area (Å²) in [6, 6.07) is 0. The highest BCUT2D eigenvalue weighted by atomic mass is 16.5. The standard InChI is InChI=1S/C16H29NO5/c1-5-15(13(2)3)16(20)17(12-18)7-9-22-11-10-21-8-6-14(4)19/h12-13,15H,5-11H2,1-4H3. The molecule has 1 unspecified atom stereocenters. The molecule has 0 aromatic heterocycles. The van der Waals surface area contributed by atoms with Gasteiger partial charge >= 0.3 is 0 Å². The Morgan fingerprint density at radius 3 is 2.14 bits per heavy atom. The minimum absolute atomic E-state index is 0.0942. The molecule has 0 aliphatic heterocycles. The third-order valence-corrected chi connectivity index (χ3v) is 3.42. The lowest BCUT2D eigenvalue weighted by molar-refractivity contribution is -0.143. The van der Waals surface area contributed by atoms with Crippen LogP contribution in [0.15, 0.2) is 0 Å². The molecule has 0 aromatic rings. The van der Waals surface area contributed by atoms with Crippen molar-refractivity contribution in [2.45, 2.75) is 40.5 Å². The van der Waals surface area contributed by atoms with Gasteiger partial charge in [-0.15, -0.1) is 0 Å². The van der Waals surface area contributed by atoms with Crippen LogP contribution in [0.4, 0.5) is 0 Å². The summed E-state index contributed by atoms with van der Waals surface area (Å²) in [6.45, 7) is 9.12. The van der Waals surface area contributed by atoms with Crippen molar-refractivity contribution in [1.29, 1.82) is 0 Å². The minimum Gasteiger partial charge on any atom is -0.379 e. The number of amides is 2. The Labute approximate surface area is 133 Å². The van der Waals surface area contributed by atoms with E-state index in [0.29, 0.717) is 39.1 Å². The SMILES string of the molecule is CCC(C(=O)N(C=O)CCOCCOCCC(C)=O)C(C)C. The summed E-state index contributed by atoms with van der Waals surface area (Å²) in [5.41, 5.74) is 0. The third kappa shape index (κ3) is 8.89. The lowest BCUT2D eigenvalue weighted by atomic mass is 9.92. The van der Waals surface area contributed by atoms with Crippen molar-refractivity contribution in [2.75, 3.05) is 33.0 Å². The molecule has 0 heterocycles. The lowest BCUT2D eigenvalue weighted by Gasteiger charge is -2.24. The highest BCUT2D eigenvalue weighted by Crippen LogP contribution is 2.17.